The molecule has 0 radical (unpaired) electrons. The summed E-state index contributed by atoms with van der Waals surface area (Å²) in [6.45, 7) is 6.76. The molecule has 1 aliphatic rings. The molecule has 110 valence electrons. The van der Waals surface area contributed by atoms with Crippen LogP contribution in [0.1, 0.15) is 30.5 Å². The molecule has 2 aromatic carbocycles. The number of benzene rings is 2. The Morgan fingerprint density at radius 3 is 2.76 bits per heavy atom. The highest BCUT2D eigenvalue weighted by atomic mass is 19.1. The van der Waals surface area contributed by atoms with Gasteiger partial charge in [0.25, 0.3) is 0 Å². The third kappa shape index (κ3) is 3.18. The van der Waals surface area contributed by atoms with Gasteiger partial charge in [0.05, 0.1) is 0 Å². The lowest BCUT2D eigenvalue weighted by Gasteiger charge is -2.16. The molecular formula is C18H20FNO. The van der Waals surface area contributed by atoms with Gasteiger partial charge < -0.3 is 10.1 Å². The fourth-order valence-corrected chi connectivity index (χ4v) is 2.82. The fourth-order valence-electron chi connectivity index (χ4n) is 2.82. The SMILES string of the molecule is Cc1cc(F)cc(NCc2ccc3c(c2)CC(C)(C)O3)c1. The number of aryl methyl sites for hydroxylation is 1. The summed E-state index contributed by atoms with van der Waals surface area (Å²) in [4.78, 5) is 0. The normalized spacial score (nSPS) is 15.4. The minimum Gasteiger partial charge on any atom is -0.487 e. The minimum atomic E-state index is -0.207. The highest BCUT2D eigenvalue weighted by Gasteiger charge is 2.29. The van der Waals surface area contributed by atoms with Crippen LogP contribution in [0.25, 0.3) is 0 Å². The summed E-state index contributed by atoms with van der Waals surface area (Å²) in [6, 6.07) is 11.2. The summed E-state index contributed by atoms with van der Waals surface area (Å²) in [5.41, 5.74) is 4.03. The summed E-state index contributed by atoms with van der Waals surface area (Å²) in [5, 5.41) is 3.27. The van der Waals surface area contributed by atoms with E-state index in [4.69, 9.17) is 4.74 Å². The van der Waals surface area contributed by atoms with Crippen molar-refractivity contribution in [1.29, 1.82) is 0 Å². The van der Waals surface area contributed by atoms with Crippen LogP contribution in [-0.4, -0.2) is 5.60 Å². The van der Waals surface area contributed by atoms with Crippen LogP contribution >= 0.6 is 0 Å². The molecule has 0 amide bonds. The molecule has 0 saturated carbocycles. The van der Waals surface area contributed by atoms with Gasteiger partial charge in [-0.3, -0.25) is 0 Å². The van der Waals surface area contributed by atoms with Crippen molar-refractivity contribution >= 4 is 5.69 Å². The zero-order valence-corrected chi connectivity index (χ0v) is 12.7. The Labute approximate surface area is 125 Å². The molecule has 0 aliphatic carbocycles. The van der Waals surface area contributed by atoms with Gasteiger partial charge in [-0.2, -0.15) is 0 Å². The van der Waals surface area contributed by atoms with E-state index in [2.05, 4.69) is 31.3 Å². The van der Waals surface area contributed by atoms with E-state index in [0.717, 1.165) is 23.4 Å². The van der Waals surface area contributed by atoms with Crippen LogP contribution < -0.4 is 10.1 Å². The van der Waals surface area contributed by atoms with Gasteiger partial charge in [-0.15, -0.1) is 0 Å². The third-order valence-electron chi connectivity index (χ3n) is 3.67. The lowest BCUT2D eigenvalue weighted by Crippen LogP contribution is -2.24. The van der Waals surface area contributed by atoms with E-state index < -0.39 is 0 Å². The monoisotopic (exact) mass is 285 g/mol. The van der Waals surface area contributed by atoms with Crippen molar-refractivity contribution < 1.29 is 9.13 Å². The lowest BCUT2D eigenvalue weighted by molar-refractivity contribution is 0.138. The molecule has 0 unspecified atom stereocenters. The van der Waals surface area contributed by atoms with E-state index in [9.17, 15) is 4.39 Å². The first-order valence-electron chi connectivity index (χ1n) is 7.23. The molecular weight excluding hydrogens is 265 g/mol. The van der Waals surface area contributed by atoms with Crippen LogP contribution in [0.4, 0.5) is 10.1 Å². The Balaban J connectivity index is 1.72. The van der Waals surface area contributed by atoms with Crippen LogP contribution in [0, 0.1) is 12.7 Å². The Bertz CT molecular complexity index is 659. The predicted molar refractivity (Wildman–Crippen MR) is 83.3 cm³/mol. The summed E-state index contributed by atoms with van der Waals surface area (Å²) in [5.74, 6) is 0.770. The largest absolute Gasteiger partial charge is 0.487 e. The topological polar surface area (TPSA) is 21.3 Å². The standard InChI is InChI=1S/C18H20FNO/c1-12-6-15(19)9-16(7-12)20-11-13-4-5-17-14(8-13)10-18(2,3)21-17/h4-9,20H,10-11H2,1-3H3. The van der Waals surface area contributed by atoms with Gasteiger partial charge in [0.2, 0.25) is 0 Å². The zero-order valence-electron chi connectivity index (χ0n) is 12.7. The summed E-state index contributed by atoms with van der Waals surface area (Å²) in [6.07, 6.45) is 0.926. The second-order valence-electron chi connectivity index (χ2n) is 6.35. The number of ether oxygens (including phenoxy) is 1. The van der Waals surface area contributed by atoms with Gasteiger partial charge in [-0.25, -0.2) is 4.39 Å². The van der Waals surface area contributed by atoms with Crippen LogP contribution in [0.3, 0.4) is 0 Å². The summed E-state index contributed by atoms with van der Waals surface area (Å²) < 4.78 is 19.2. The highest BCUT2D eigenvalue weighted by Crippen LogP contribution is 2.35. The molecule has 3 rings (SSSR count). The number of halogens is 1. The first kappa shape index (κ1) is 13.9. The van der Waals surface area contributed by atoms with Crippen molar-refractivity contribution in [3.63, 3.8) is 0 Å². The van der Waals surface area contributed by atoms with Crippen molar-refractivity contribution in [2.24, 2.45) is 0 Å². The van der Waals surface area contributed by atoms with E-state index in [1.54, 1.807) is 0 Å². The molecule has 0 atom stereocenters. The molecule has 0 aromatic heterocycles. The van der Waals surface area contributed by atoms with Crippen LogP contribution in [-0.2, 0) is 13.0 Å². The van der Waals surface area contributed by atoms with Crippen LogP contribution in [0.5, 0.6) is 5.75 Å². The average molecular weight is 285 g/mol. The van der Waals surface area contributed by atoms with Gasteiger partial charge in [0, 0.05) is 18.7 Å². The van der Waals surface area contributed by atoms with E-state index >= 15 is 0 Å². The molecule has 2 nitrogen and oxygen atoms in total. The van der Waals surface area contributed by atoms with Crippen molar-refractivity contribution in [2.45, 2.75) is 39.3 Å². The Morgan fingerprint density at radius 2 is 2.00 bits per heavy atom. The van der Waals surface area contributed by atoms with Crippen molar-refractivity contribution in [1.82, 2.24) is 0 Å². The quantitative estimate of drug-likeness (QED) is 0.899. The van der Waals surface area contributed by atoms with Gasteiger partial charge in [0.1, 0.15) is 17.2 Å². The highest BCUT2D eigenvalue weighted by molar-refractivity contribution is 5.48. The van der Waals surface area contributed by atoms with E-state index in [1.165, 1.54) is 23.3 Å². The van der Waals surface area contributed by atoms with Gasteiger partial charge in [-0.1, -0.05) is 12.1 Å². The molecule has 0 fully saturated rings. The number of nitrogens with one attached hydrogen (secondary N) is 1. The molecule has 1 N–H and O–H groups in total. The second kappa shape index (κ2) is 5.06. The zero-order chi connectivity index (χ0) is 15.0. The molecule has 0 saturated heterocycles. The van der Waals surface area contributed by atoms with Crippen LogP contribution in [0.2, 0.25) is 0 Å². The second-order valence-corrected chi connectivity index (χ2v) is 6.35. The van der Waals surface area contributed by atoms with E-state index in [-0.39, 0.29) is 11.4 Å². The van der Waals surface area contributed by atoms with Gasteiger partial charge in [0.15, 0.2) is 0 Å². The van der Waals surface area contributed by atoms with Gasteiger partial charge >= 0.3 is 0 Å². The summed E-state index contributed by atoms with van der Waals surface area (Å²) in [7, 11) is 0. The maximum Gasteiger partial charge on any atom is 0.125 e. The Morgan fingerprint density at radius 1 is 1.19 bits per heavy atom. The minimum absolute atomic E-state index is 0.117. The summed E-state index contributed by atoms with van der Waals surface area (Å²) >= 11 is 0. The van der Waals surface area contributed by atoms with Crippen molar-refractivity contribution in [3.05, 3.63) is 58.9 Å². The smallest absolute Gasteiger partial charge is 0.125 e. The van der Waals surface area contributed by atoms with Crippen molar-refractivity contribution in [2.75, 3.05) is 5.32 Å². The first-order valence-corrected chi connectivity index (χ1v) is 7.23. The maximum absolute atomic E-state index is 13.4. The van der Waals surface area contributed by atoms with Gasteiger partial charge in [-0.05, 0) is 61.7 Å². The maximum atomic E-state index is 13.4. The average Bonchev–Trinajstić information content (AvgIpc) is 2.68. The van der Waals surface area contributed by atoms with E-state index in [0.29, 0.717) is 6.54 Å². The molecule has 0 bridgehead atoms. The third-order valence-corrected chi connectivity index (χ3v) is 3.67. The molecule has 1 aliphatic heterocycles. The molecule has 2 aromatic rings. The molecule has 21 heavy (non-hydrogen) atoms. The molecule has 0 spiro atoms. The van der Waals surface area contributed by atoms with Crippen molar-refractivity contribution in [3.8, 4) is 5.75 Å². The first-order chi connectivity index (χ1) is 9.91. The number of fused-ring (bicyclic) bond motifs is 1. The predicted octanol–water partition coefficient (Wildman–Crippen LogP) is 4.46. The number of rotatable bonds is 3. The fraction of sp³-hybridized carbons (Fsp3) is 0.333. The Hall–Kier alpha value is -2.03. The lowest BCUT2D eigenvalue weighted by atomic mass is 10.0. The number of hydrogen-bond acceptors (Lipinski definition) is 2. The molecule has 1 heterocycles. The molecule has 3 heteroatoms. The Kier molecular flexibility index (Phi) is 3.36. The number of hydrogen-bond donors (Lipinski definition) is 1. The van der Waals surface area contributed by atoms with Crippen LogP contribution in [0.15, 0.2) is 36.4 Å². The van der Waals surface area contributed by atoms with E-state index in [1.807, 2.05) is 19.1 Å². The number of anilines is 1.